The van der Waals surface area contributed by atoms with Crippen LogP contribution in [0.1, 0.15) is 38.1 Å². The Balaban J connectivity index is 2.35. The fraction of sp³-hybridized carbons (Fsp3) is 0.350. The van der Waals surface area contributed by atoms with E-state index in [0.29, 0.717) is 10.6 Å². The predicted molar refractivity (Wildman–Crippen MR) is 104 cm³/mol. The molecule has 0 fully saturated rings. The first-order valence-electron chi connectivity index (χ1n) is 8.60. The van der Waals surface area contributed by atoms with Gasteiger partial charge in [0.25, 0.3) is 0 Å². The van der Waals surface area contributed by atoms with Gasteiger partial charge in [-0.1, -0.05) is 49.5 Å². The molecule has 25 heavy (non-hydrogen) atoms. The van der Waals surface area contributed by atoms with Crippen LogP contribution in [0.4, 0.5) is 4.39 Å². The van der Waals surface area contributed by atoms with Crippen LogP contribution in [0.5, 0.6) is 0 Å². The largest absolute Gasteiger partial charge is 0.331 e. The Hall–Kier alpha value is -1.58. The van der Waals surface area contributed by atoms with E-state index in [-0.39, 0.29) is 5.02 Å². The van der Waals surface area contributed by atoms with Crippen LogP contribution in [0.15, 0.2) is 24.3 Å². The van der Waals surface area contributed by atoms with Gasteiger partial charge in [-0.2, -0.15) is 0 Å². The van der Waals surface area contributed by atoms with Crippen molar-refractivity contribution in [1.29, 1.82) is 0 Å². The van der Waals surface area contributed by atoms with Gasteiger partial charge in [-0.05, 0) is 36.6 Å². The zero-order valence-corrected chi connectivity index (χ0v) is 16.2. The van der Waals surface area contributed by atoms with Crippen molar-refractivity contribution in [2.75, 3.05) is 0 Å². The minimum atomic E-state index is -0.467. The van der Waals surface area contributed by atoms with Gasteiger partial charge in [-0.25, -0.2) is 9.37 Å². The van der Waals surface area contributed by atoms with E-state index in [1.54, 1.807) is 0 Å². The third kappa shape index (κ3) is 3.28. The summed E-state index contributed by atoms with van der Waals surface area (Å²) < 4.78 is 16.2. The normalized spacial score (nSPS) is 11.4. The maximum Gasteiger partial charge on any atom is 0.142 e. The van der Waals surface area contributed by atoms with E-state index in [2.05, 4.69) is 30.5 Å². The summed E-state index contributed by atoms with van der Waals surface area (Å²) in [7, 11) is 2.01. The second-order valence-electron chi connectivity index (χ2n) is 6.26. The van der Waals surface area contributed by atoms with Crippen molar-refractivity contribution in [2.45, 2.75) is 39.5 Å². The SMILES string of the molecule is CCCCc1ccc2c(nc(CC)n2C)c1-c1cc(F)c(Cl)cc1Cl. The number of hydrogen-bond acceptors (Lipinski definition) is 1. The molecular weight excluding hydrogens is 358 g/mol. The van der Waals surface area contributed by atoms with E-state index < -0.39 is 5.82 Å². The lowest BCUT2D eigenvalue weighted by Crippen LogP contribution is -1.96. The molecule has 3 aromatic rings. The van der Waals surface area contributed by atoms with E-state index in [9.17, 15) is 4.39 Å². The first-order chi connectivity index (χ1) is 12.0. The molecule has 0 atom stereocenters. The molecule has 1 aromatic heterocycles. The van der Waals surface area contributed by atoms with Crippen LogP contribution in [0.2, 0.25) is 10.0 Å². The van der Waals surface area contributed by atoms with E-state index in [4.69, 9.17) is 28.2 Å². The third-order valence-electron chi connectivity index (χ3n) is 4.63. The van der Waals surface area contributed by atoms with Gasteiger partial charge in [-0.15, -0.1) is 0 Å². The predicted octanol–water partition coefficient (Wildman–Crippen LogP) is 6.59. The number of fused-ring (bicyclic) bond motifs is 1. The number of benzene rings is 2. The van der Waals surface area contributed by atoms with Crippen molar-refractivity contribution in [3.8, 4) is 11.1 Å². The van der Waals surface area contributed by atoms with E-state index in [0.717, 1.165) is 53.7 Å². The highest BCUT2D eigenvalue weighted by molar-refractivity contribution is 6.36. The Labute approximate surface area is 157 Å². The molecule has 0 saturated heterocycles. The molecule has 1 heterocycles. The molecule has 0 aliphatic heterocycles. The number of rotatable bonds is 5. The summed E-state index contributed by atoms with van der Waals surface area (Å²) in [4.78, 5) is 4.82. The van der Waals surface area contributed by atoms with E-state index in [1.807, 2.05) is 7.05 Å². The summed E-state index contributed by atoms with van der Waals surface area (Å²) in [5.74, 6) is 0.528. The molecule has 3 rings (SSSR count). The summed E-state index contributed by atoms with van der Waals surface area (Å²) in [5, 5.41) is 0.478. The van der Waals surface area contributed by atoms with Crippen molar-refractivity contribution in [1.82, 2.24) is 9.55 Å². The zero-order valence-electron chi connectivity index (χ0n) is 14.7. The highest BCUT2D eigenvalue weighted by Gasteiger charge is 2.19. The van der Waals surface area contributed by atoms with Crippen molar-refractivity contribution < 1.29 is 4.39 Å². The lowest BCUT2D eigenvalue weighted by atomic mass is 9.94. The average Bonchev–Trinajstić information content (AvgIpc) is 2.92. The van der Waals surface area contributed by atoms with E-state index in [1.165, 1.54) is 12.1 Å². The zero-order chi connectivity index (χ0) is 18.1. The molecule has 2 nitrogen and oxygen atoms in total. The molecule has 0 N–H and O–H groups in total. The summed E-state index contributed by atoms with van der Waals surface area (Å²) in [5.41, 5.74) is 4.61. The van der Waals surface area contributed by atoms with Gasteiger partial charge >= 0.3 is 0 Å². The molecule has 5 heteroatoms. The maximum absolute atomic E-state index is 14.2. The van der Waals surface area contributed by atoms with Crippen LogP contribution >= 0.6 is 23.2 Å². The minimum Gasteiger partial charge on any atom is -0.331 e. The molecule has 0 aliphatic rings. The van der Waals surface area contributed by atoms with Gasteiger partial charge in [0.2, 0.25) is 0 Å². The van der Waals surface area contributed by atoms with Crippen LogP contribution in [0.3, 0.4) is 0 Å². The van der Waals surface area contributed by atoms with Crippen LogP contribution in [-0.2, 0) is 19.9 Å². The molecule has 132 valence electrons. The standard InChI is InChI=1S/C20H21Cl2FN2/c1-4-6-7-12-8-9-17-20(24-18(5-2)25(17)3)19(12)13-10-16(23)15(22)11-14(13)21/h8-11H,4-7H2,1-3H3. The summed E-state index contributed by atoms with van der Waals surface area (Å²) in [6.07, 6.45) is 3.88. The molecule has 2 aromatic carbocycles. The number of aromatic nitrogens is 2. The lowest BCUT2D eigenvalue weighted by Gasteiger charge is -2.13. The topological polar surface area (TPSA) is 17.8 Å². The van der Waals surface area contributed by atoms with Crippen molar-refractivity contribution in [3.05, 3.63) is 51.5 Å². The molecule has 0 unspecified atom stereocenters. The van der Waals surface area contributed by atoms with Crippen LogP contribution in [0.25, 0.3) is 22.2 Å². The van der Waals surface area contributed by atoms with Gasteiger partial charge in [0.15, 0.2) is 0 Å². The number of unbranched alkanes of at least 4 members (excludes halogenated alkanes) is 1. The first kappa shape index (κ1) is 18.2. The minimum absolute atomic E-state index is 0.0336. The van der Waals surface area contributed by atoms with Gasteiger partial charge < -0.3 is 4.57 Å². The Morgan fingerprint density at radius 2 is 1.88 bits per heavy atom. The highest BCUT2D eigenvalue weighted by Crippen LogP contribution is 2.39. The fourth-order valence-electron chi connectivity index (χ4n) is 3.26. The summed E-state index contributed by atoms with van der Waals surface area (Å²) >= 11 is 12.3. The quantitative estimate of drug-likeness (QED) is 0.457. The number of imidazole rings is 1. The van der Waals surface area contributed by atoms with Crippen molar-refractivity contribution in [3.63, 3.8) is 0 Å². The van der Waals surface area contributed by atoms with Crippen molar-refractivity contribution in [2.24, 2.45) is 7.05 Å². The maximum atomic E-state index is 14.2. The number of nitrogens with zero attached hydrogens (tertiary/aromatic N) is 2. The lowest BCUT2D eigenvalue weighted by molar-refractivity contribution is 0.629. The number of aryl methyl sites for hydroxylation is 3. The summed E-state index contributed by atoms with van der Waals surface area (Å²) in [6, 6.07) is 7.10. The van der Waals surface area contributed by atoms with Crippen molar-refractivity contribution >= 4 is 34.2 Å². The van der Waals surface area contributed by atoms with Crippen LogP contribution < -0.4 is 0 Å². The highest BCUT2D eigenvalue weighted by atomic mass is 35.5. The van der Waals surface area contributed by atoms with Crippen LogP contribution in [0, 0.1) is 5.82 Å². The average molecular weight is 379 g/mol. The van der Waals surface area contributed by atoms with Gasteiger partial charge in [0.1, 0.15) is 11.6 Å². The molecule has 0 aliphatic carbocycles. The Bertz CT molecular complexity index is 931. The molecule has 0 saturated carbocycles. The monoisotopic (exact) mass is 378 g/mol. The second-order valence-corrected chi connectivity index (χ2v) is 7.07. The third-order valence-corrected chi connectivity index (χ3v) is 5.23. The Morgan fingerprint density at radius 3 is 2.56 bits per heavy atom. The summed E-state index contributed by atoms with van der Waals surface area (Å²) in [6.45, 7) is 4.23. The van der Waals surface area contributed by atoms with Gasteiger partial charge in [0.05, 0.1) is 21.1 Å². The molecular formula is C20H21Cl2FN2. The Morgan fingerprint density at radius 1 is 1.12 bits per heavy atom. The van der Waals surface area contributed by atoms with Gasteiger partial charge in [-0.3, -0.25) is 0 Å². The second kappa shape index (κ2) is 7.35. The smallest absolute Gasteiger partial charge is 0.142 e. The molecule has 0 radical (unpaired) electrons. The van der Waals surface area contributed by atoms with Crippen LogP contribution in [-0.4, -0.2) is 9.55 Å². The molecule has 0 amide bonds. The van der Waals surface area contributed by atoms with E-state index >= 15 is 0 Å². The molecule has 0 bridgehead atoms. The number of halogens is 3. The molecule has 0 spiro atoms. The Kier molecular flexibility index (Phi) is 5.35. The fourth-order valence-corrected chi connectivity index (χ4v) is 3.73. The van der Waals surface area contributed by atoms with Gasteiger partial charge in [0, 0.05) is 24.6 Å². The first-order valence-corrected chi connectivity index (χ1v) is 9.35. The number of hydrogen-bond donors (Lipinski definition) is 0.